The molecule has 1 saturated heterocycles. The van der Waals surface area contributed by atoms with Gasteiger partial charge in [0.15, 0.2) is 0 Å². The molecule has 1 atom stereocenters. The fourth-order valence-electron chi connectivity index (χ4n) is 3.30. The number of aromatic amines is 1. The van der Waals surface area contributed by atoms with Gasteiger partial charge in [-0.1, -0.05) is 42.5 Å². The lowest BCUT2D eigenvalue weighted by Gasteiger charge is -2.16. The van der Waals surface area contributed by atoms with Crippen molar-refractivity contribution in [3.63, 3.8) is 0 Å². The molecule has 26 heavy (non-hydrogen) atoms. The molecule has 2 N–H and O–H groups in total. The molecule has 0 radical (unpaired) electrons. The number of H-pyrrole nitrogens is 1. The molecule has 0 spiro atoms. The topological polar surface area (TPSA) is 78.1 Å². The standard InChI is InChI=1S/C20H20N4O2/c25-18-12-15(13-24(18)11-10-14-6-2-1-3-7-14)19(26)23-20-21-16-8-4-5-9-17(16)22-20/h1-9,15H,10-13H2,(H2,21,22,23,26). The van der Waals surface area contributed by atoms with Gasteiger partial charge in [-0.05, 0) is 24.1 Å². The van der Waals surface area contributed by atoms with E-state index in [9.17, 15) is 9.59 Å². The Bertz CT molecular complexity index is 902. The summed E-state index contributed by atoms with van der Waals surface area (Å²) in [5.74, 6) is -0.0526. The van der Waals surface area contributed by atoms with Crippen LogP contribution in [0.1, 0.15) is 12.0 Å². The highest BCUT2D eigenvalue weighted by Gasteiger charge is 2.34. The van der Waals surface area contributed by atoms with E-state index in [1.807, 2.05) is 54.6 Å². The van der Waals surface area contributed by atoms with Crippen molar-refractivity contribution in [1.29, 1.82) is 0 Å². The zero-order chi connectivity index (χ0) is 17.9. The average molecular weight is 348 g/mol. The van der Waals surface area contributed by atoms with Crippen LogP contribution in [0.15, 0.2) is 54.6 Å². The number of hydrogen-bond acceptors (Lipinski definition) is 3. The molecule has 0 aliphatic carbocycles. The van der Waals surface area contributed by atoms with Crippen LogP contribution >= 0.6 is 0 Å². The van der Waals surface area contributed by atoms with E-state index in [1.54, 1.807) is 4.90 Å². The summed E-state index contributed by atoms with van der Waals surface area (Å²) in [4.78, 5) is 33.9. The number of fused-ring (bicyclic) bond motifs is 1. The Balaban J connectivity index is 1.36. The van der Waals surface area contributed by atoms with Gasteiger partial charge in [-0.3, -0.25) is 14.9 Å². The molecule has 1 aromatic heterocycles. The molecule has 0 bridgehead atoms. The summed E-state index contributed by atoms with van der Waals surface area (Å²) in [5.41, 5.74) is 2.86. The van der Waals surface area contributed by atoms with Crippen LogP contribution in [0.4, 0.5) is 5.95 Å². The first-order valence-corrected chi connectivity index (χ1v) is 8.76. The molecule has 132 valence electrons. The third-order valence-electron chi connectivity index (χ3n) is 4.73. The third-order valence-corrected chi connectivity index (χ3v) is 4.73. The number of rotatable bonds is 5. The van der Waals surface area contributed by atoms with Crippen molar-refractivity contribution in [2.45, 2.75) is 12.8 Å². The maximum Gasteiger partial charge on any atom is 0.232 e. The smallest absolute Gasteiger partial charge is 0.232 e. The van der Waals surface area contributed by atoms with Gasteiger partial charge in [-0.15, -0.1) is 0 Å². The van der Waals surface area contributed by atoms with Crippen LogP contribution in [0, 0.1) is 5.92 Å². The Morgan fingerprint density at radius 1 is 1.15 bits per heavy atom. The van der Waals surface area contributed by atoms with Crippen LogP contribution in [0.2, 0.25) is 0 Å². The molecule has 1 aliphatic rings. The maximum atomic E-state index is 12.5. The van der Waals surface area contributed by atoms with Gasteiger partial charge in [-0.25, -0.2) is 4.98 Å². The molecule has 0 saturated carbocycles. The van der Waals surface area contributed by atoms with Crippen LogP contribution in [-0.2, 0) is 16.0 Å². The summed E-state index contributed by atoms with van der Waals surface area (Å²) in [6.45, 7) is 1.09. The second kappa shape index (κ2) is 7.00. The predicted octanol–water partition coefficient (Wildman–Crippen LogP) is 2.59. The van der Waals surface area contributed by atoms with E-state index in [0.717, 1.165) is 17.5 Å². The van der Waals surface area contributed by atoms with Crippen LogP contribution in [-0.4, -0.2) is 39.8 Å². The Kier molecular flexibility index (Phi) is 4.39. The van der Waals surface area contributed by atoms with Gasteiger partial charge in [0.2, 0.25) is 17.8 Å². The Morgan fingerprint density at radius 3 is 2.73 bits per heavy atom. The number of anilines is 1. The average Bonchev–Trinajstić information content (AvgIpc) is 3.23. The summed E-state index contributed by atoms with van der Waals surface area (Å²) >= 11 is 0. The molecule has 6 nitrogen and oxygen atoms in total. The van der Waals surface area contributed by atoms with Crippen molar-refractivity contribution in [1.82, 2.24) is 14.9 Å². The van der Waals surface area contributed by atoms with Crippen molar-refractivity contribution < 1.29 is 9.59 Å². The van der Waals surface area contributed by atoms with E-state index < -0.39 is 0 Å². The SMILES string of the molecule is O=C(Nc1nc2ccccc2[nH]1)C1CC(=O)N(CCc2ccccc2)C1. The number of nitrogens with zero attached hydrogens (tertiary/aromatic N) is 2. The number of benzene rings is 2. The molecule has 3 aromatic rings. The van der Waals surface area contributed by atoms with E-state index in [-0.39, 0.29) is 24.2 Å². The van der Waals surface area contributed by atoms with E-state index in [1.165, 1.54) is 5.56 Å². The zero-order valence-corrected chi connectivity index (χ0v) is 14.3. The largest absolute Gasteiger partial charge is 0.342 e. The third kappa shape index (κ3) is 3.44. The van der Waals surface area contributed by atoms with Crippen LogP contribution in [0.3, 0.4) is 0 Å². The number of likely N-dealkylation sites (tertiary alicyclic amines) is 1. The van der Waals surface area contributed by atoms with Gasteiger partial charge >= 0.3 is 0 Å². The van der Waals surface area contributed by atoms with Crippen LogP contribution in [0.25, 0.3) is 11.0 Å². The van der Waals surface area contributed by atoms with Crippen LogP contribution in [0.5, 0.6) is 0 Å². The van der Waals surface area contributed by atoms with Crippen molar-refractivity contribution in [2.24, 2.45) is 5.92 Å². The summed E-state index contributed by atoms with van der Waals surface area (Å²) in [7, 11) is 0. The number of hydrogen-bond donors (Lipinski definition) is 2. The van der Waals surface area contributed by atoms with Crippen molar-refractivity contribution in [3.8, 4) is 0 Å². The van der Waals surface area contributed by atoms with E-state index in [0.29, 0.717) is 19.0 Å². The van der Waals surface area contributed by atoms with Gasteiger partial charge in [-0.2, -0.15) is 0 Å². The van der Waals surface area contributed by atoms with Crippen molar-refractivity contribution in [2.75, 3.05) is 18.4 Å². The lowest BCUT2D eigenvalue weighted by molar-refractivity contribution is -0.128. The monoisotopic (exact) mass is 348 g/mol. The summed E-state index contributed by atoms with van der Waals surface area (Å²) in [6.07, 6.45) is 1.05. The normalized spacial score (nSPS) is 17.0. The molecule has 1 aliphatic heterocycles. The molecule has 1 unspecified atom stereocenters. The van der Waals surface area contributed by atoms with E-state index in [2.05, 4.69) is 15.3 Å². The molecule has 2 aromatic carbocycles. The highest BCUT2D eigenvalue weighted by molar-refractivity contribution is 5.97. The van der Waals surface area contributed by atoms with Gasteiger partial charge in [0, 0.05) is 19.5 Å². The Morgan fingerprint density at radius 2 is 1.92 bits per heavy atom. The molecule has 2 amide bonds. The quantitative estimate of drug-likeness (QED) is 0.744. The minimum atomic E-state index is -0.341. The number of imidazole rings is 1. The fraction of sp³-hybridized carbons (Fsp3) is 0.250. The summed E-state index contributed by atoms with van der Waals surface area (Å²) < 4.78 is 0. The lowest BCUT2D eigenvalue weighted by Crippen LogP contribution is -2.30. The lowest BCUT2D eigenvalue weighted by atomic mass is 10.1. The molecule has 1 fully saturated rings. The number of carbonyl (C=O) groups is 2. The van der Waals surface area contributed by atoms with Gasteiger partial charge < -0.3 is 9.88 Å². The number of carbonyl (C=O) groups excluding carboxylic acids is 2. The zero-order valence-electron chi connectivity index (χ0n) is 14.3. The first kappa shape index (κ1) is 16.3. The van der Waals surface area contributed by atoms with Gasteiger partial charge in [0.25, 0.3) is 0 Å². The second-order valence-corrected chi connectivity index (χ2v) is 6.57. The van der Waals surface area contributed by atoms with E-state index >= 15 is 0 Å². The van der Waals surface area contributed by atoms with Crippen molar-refractivity contribution in [3.05, 3.63) is 60.2 Å². The van der Waals surface area contributed by atoms with Gasteiger partial charge in [0.05, 0.1) is 17.0 Å². The highest BCUT2D eigenvalue weighted by atomic mass is 16.2. The number of para-hydroxylation sites is 2. The van der Waals surface area contributed by atoms with Gasteiger partial charge in [0.1, 0.15) is 0 Å². The molecule has 4 rings (SSSR count). The Labute approximate surface area is 151 Å². The second-order valence-electron chi connectivity index (χ2n) is 6.57. The maximum absolute atomic E-state index is 12.5. The number of nitrogens with one attached hydrogen (secondary N) is 2. The number of aromatic nitrogens is 2. The molecular formula is C20H20N4O2. The summed E-state index contributed by atoms with van der Waals surface area (Å²) in [6, 6.07) is 17.6. The fourth-order valence-corrected chi connectivity index (χ4v) is 3.30. The first-order valence-electron chi connectivity index (χ1n) is 8.76. The minimum Gasteiger partial charge on any atom is -0.342 e. The Hall–Kier alpha value is -3.15. The molecule has 6 heteroatoms. The van der Waals surface area contributed by atoms with E-state index in [4.69, 9.17) is 0 Å². The minimum absolute atomic E-state index is 0.0330. The number of amides is 2. The molecule has 2 heterocycles. The predicted molar refractivity (Wildman–Crippen MR) is 99.6 cm³/mol. The van der Waals surface area contributed by atoms with Crippen LogP contribution < -0.4 is 5.32 Å². The summed E-state index contributed by atoms with van der Waals surface area (Å²) in [5, 5.41) is 2.80. The highest BCUT2D eigenvalue weighted by Crippen LogP contribution is 2.21. The first-order chi connectivity index (χ1) is 12.7. The molecular weight excluding hydrogens is 328 g/mol. The van der Waals surface area contributed by atoms with Crippen molar-refractivity contribution >= 4 is 28.8 Å².